The smallest absolute Gasteiger partial charge is 0.325 e. The molecule has 1 aliphatic rings. The van der Waals surface area contributed by atoms with Crippen molar-refractivity contribution in [2.75, 3.05) is 6.54 Å². The van der Waals surface area contributed by atoms with Crippen LogP contribution in [0.5, 0.6) is 0 Å². The van der Waals surface area contributed by atoms with Gasteiger partial charge >= 0.3 is 6.03 Å². The van der Waals surface area contributed by atoms with Gasteiger partial charge in [0, 0.05) is 5.02 Å². The van der Waals surface area contributed by atoms with Crippen LogP contribution in [0, 0.1) is 0 Å². The lowest BCUT2D eigenvalue weighted by Gasteiger charge is -2.22. The van der Waals surface area contributed by atoms with Crippen molar-refractivity contribution in [2.24, 2.45) is 0 Å². The maximum atomic E-state index is 12.7. The van der Waals surface area contributed by atoms with Crippen LogP contribution in [0.1, 0.15) is 23.0 Å². The molecule has 0 aliphatic carbocycles. The number of carbonyl (C=O) groups excluding carboxylic acids is 3. The molecule has 3 amide bonds. The molecule has 118 valence electrons. The molecule has 23 heavy (non-hydrogen) atoms. The largest absolute Gasteiger partial charge is 0.461 e. The van der Waals surface area contributed by atoms with Crippen LogP contribution in [0.4, 0.5) is 4.79 Å². The van der Waals surface area contributed by atoms with Crippen molar-refractivity contribution in [1.29, 1.82) is 0 Å². The van der Waals surface area contributed by atoms with Crippen LogP contribution in [0.25, 0.3) is 0 Å². The van der Waals surface area contributed by atoms with E-state index in [2.05, 4.69) is 5.32 Å². The summed E-state index contributed by atoms with van der Waals surface area (Å²) in [5, 5.41) is 3.15. The molecule has 1 aromatic heterocycles. The van der Waals surface area contributed by atoms with E-state index in [9.17, 15) is 14.4 Å². The molecule has 2 heterocycles. The Morgan fingerprint density at radius 1 is 1.26 bits per heavy atom. The standard InChI is InChI=1S/C16H13ClN2O4/c1-16(10-4-6-11(17)7-5-10)14(21)19(15(22)18-16)9-12(20)13-3-2-8-23-13/h2-8H,9H2,1H3,(H,18,22). The number of carbonyl (C=O) groups is 3. The second-order valence-corrected chi connectivity index (χ2v) is 5.79. The van der Waals surface area contributed by atoms with Crippen LogP contribution < -0.4 is 5.32 Å². The highest BCUT2D eigenvalue weighted by Crippen LogP contribution is 2.29. The molecule has 3 rings (SSSR count). The minimum absolute atomic E-state index is 0.102. The first-order chi connectivity index (χ1) is 10.9. The van der Waals surface area contributed by atoms with Gasteiger partial charge in [-0.2, -0.15) is 0 Å². The zero-order valence-electron chi connectivity index (χ0n) is 12.2. The van der Waals surface area contributed by atoms with E-state index in [4.69, 9.17) is 16.0 Å². The topological polar surface area (TPSA) is 79.6 Å². The number of furan rings is 1. The van der Waals surface area contributed by atoms with Crippen LogP contribution in [0.15, 0.2) is 47.1 Å². The maximum absolute atomic E-state index is 12.7. The number of halogens is 1. The van der Waals surface area contributed by atoms with Crippen molar-refractivity contribution in [1.82, 2.24) is 10.2 Å². The lowest BCUT2D eigenvalue weighted by Crippen LogP contribution is -2.41. The van der Waals surface area contributed by atoms with E-state index in [1.54, 1.807) is 37.3 Å². The first kappa shape index (κ1) is 15.3. The highest BCUT2D eigenvalue weighted by Gasteiger charge is 2.49. The summed E-state index contributed by atoms with van der Waals surface area (Å²) in [7, 11) is 0. The minimum Gasteiger partial charge on any atom is -0.461 e. The molecule has 0 spiro atoms. The number of rotatable bonds is 4. The molecule has 6 nitrogen and oxygen atoms in total. The summed E-state index contributed by atoms with van der Waals surface area (Å²) in [6.45, 7) is 1.22. The number of nitrogens with one attached hydrogen (secondary N) is 1. The lowest BCUT2D eigenvalue weighted by atomic mass is 9.92. The van der Waals surface area contributed by atoms with Gasteiger partial charge in [0.2, 0.25) is 5.78 Å². The predicted octanol–water partition coefficient (Wildman–Crippen LogP) is 2.58. The fourth-order valence-corrected chi connectivity index (χ4v) is 2.60. The number of benzene rings is 1. The Kier molecular flexibility index (Phi) is 3.69. The van der Waals surface area contributed by atoms with Crippen LogP contribution >= 0.6 is 11.6 Å². The molecular weight excluding hydrogens is 320 g/mol. The van der Waals surface area contributed by atoms with Gasteiger partial charge < -0.3 is 9.73 Å². The second kappa shape index (κ2) is 5.55. The minimum atomic E-state index is -1.23. The Morgan fingerprint density at radius 2 is 1.96 bits per heavy atom. The summed E-state index contributed by atoms with van der Waals surface area (Å²) in [6, 6.07) is 9.04. The lowest BCUT2D eigenvalue weighted by molar-refractivity contribution is -0.130. The molecule has 0 bridgehead atoms. The third kappa shape index (κ3) is 2.61. The molecule has 7 heteroatoms. The number of ketones is 1. The SMILES string of the molecule is CC1(c2ccc(Cl)cc2)NC(=O)N(CC(=O)c2ccco2)C1=O. The third-order valence-corrected chi connectivity index (χ3v) is 4.05. The van der Waals surface area contributed by atoms with Gasteiger partial charge in [-0.05, 0) is 36.8 Å². The Bertz CT molecular complexity index is 770. The van der Waals surface area contributed by atoms with Crippen molar-refractivity contribution < 1.29 is 18.8 Å². The van der Waals surface area contributed by atoms with Crippen molar-refractivity contribution in [2.45, 2.75) is 12.5 Å². The zero-order valence-corrected chi connectivity index (χ0v) is 13.0. The Labute approximate surface area is 137 Å². The number of Topliss-reactive ketones (excluding diaryl/α,β-unsaturated/α-hetero) is 1. The number of imide groups is 1. The number of hydrogen-bond donors (Lipinski definition) is 1. The van der Waals surface area contributed by atoms with Gasteiger partial charge in [-0.1, -0.05) is 23.7 Å². The zero-order chi connectivity index (χ0) is 16.6. The molecular formula is C16H13ClN2O4. The molecule has 1 N–H and O–H groups in total. The summed E-state index contributed by atoms with van der Waals surface area (Å²) in [6.07, 6.45) is 1.36. The van der Waals surface area contributed by atoms with Gasteiger partial charge in [0.25, 0.3) is 5.91 Å². The van der Waals surface area contributed by atoms with E-state index in [1.165, 1.54) is 12.3 Å². The molecule has 1 aromatic carbocycles. The fraction of sp³-hybridized carbons (Fsp3) is 0.188. The summed E-state index contributed by atoms with van der Waals surface area (Å²) in [4.78, 5) is 37.7. The summed E-state index contributed by atoms with van der Waals surface area (Å²) < 4.78 is 4.99. The monoisotopic (exact) mass is 332 g/mol. The molecule has 1 fully saturated rings. The first-order valence-corrected chi connectivity index (χ1v) is 7.26. The fourth-order valence-electron chi connectivity index (χ4n) is 2.48. The summed E-state index contributed by atoms with van der Waals surface area (Å²) in [5.74, 6) is -0.839. The van der Waals surface area contributed by atoms with Gasteiger partial charge in [-0.25, -0.2) is 4.79 Å². The number of urea groups is 1. The van der Waals surface area contributed by atoms with E-state index >= 15 is 0 Å². The van der Waals surface area contributed by atoms with Gasteiger partial charge in [-0.3, -0.25) is 14.5 Å². The predicted molar refractivity (Wildman–Crippen MR) is 82.1 cm³/mol. The number of amides is 3. The van der Waals surface area contributed by atoms with Crippen molar-refractivity contribution in [3.8, 4) is 0 Å². The Balaban J connectivity index is 1.85. The Morgan fingerprint density at radius 3 is 2.57 bits per heavy atom. The molecule has 1 atom stereocenters. The molecule has 2 aromatic rings. The third-order valence-electron chi connectivity index (χ3n) is 3.79. The molecule has 0 radical (unpaired) electrons. The van der Waals surface area contributed by atoms with Gasteiger partial charge in [0.1, 0.15) is 5.54 Å². The van der Waals surface area contributed by atoms with E-state index < -0.39 is 23.3 Å². The van der Waals surface area contributed by atoms with E-state index in [-0.39, 0.29) is 12.3 Å². The summed E-state index contributed by atoms with van der Waals surface area (Å²) >= 11 is 5.85. The van der Waals surface area contributed by atoms with Crippen LogP contribution in [-0.4, -0.2) is 29.2 Å². The second-order valence-electron chi connectivity index (χ2n) is 5.35. The maximum Gasteiger partial charge on any atom is 0.325 e. The molecule has 1 aliphatic heterocycles. The Hall–Kier alpha value is -2.60. The first-order valence-electron chi connectivity index (χ1n) is 6.88. The quantitative estimate of drug-likeness (QED) is 0.689. The van der Waals surface area contributed by atoms with E-state index in [0.29, 0.717) is 10.6 Å². The van der Waals surface area contributed by atoms with Gasteiger partial charge in [-0.15, -0.1) is 0 Å². The normalized spacial score (nSPS) is 20.7. The van der Waals surface area contributed by atoms with Crippen molar-refractivity contribution in [3.63, 3.8) is 0 Å². The summed E-state index contributed by atoms with van der Waals surface area (Å²) in [5.41, 5.74) is -0.640. The highest BCUT2D eigenvalue weighted by atomic mass is 35.5. The van der Waals surface area contributed by atoms with E-state index in [1.807, 2.05) is 0 Å². The van der Waals surface area contributed by atoms with Gasteiger partial charge in [0.15, 0.2) is 5.76 Å². The molecule has 0 saturated carbocycles. The van der Waals surface area contributed by atoms with Gasteiger partial charge in [0.05, 0.1) is 12.8 Å². The number of nitrogens with zero attached hydrogens (tertiary/aromatic N) is 1. The highest BCUT2D eigenvalue weighted by molar-refractivity contribution is 6.30. The molecule has 1 saturated heterocycles. The average molecular weight is 333 g/mol. The number of hydrogen-bond acceptors (Lipinski definition) is 4. The van der Waals surface area contributed by atoms with Crippen LogP contribution in [-0.2, 0) is 10.3 Å². The van der Waals surface area contributed by atoms with Crippen molar-refractivity contribution in [3.05, 3.63) is 59.0 Å². The van der Waals surface area contributed by atoms with Crippen LogP contribution in [0.3, 0.4) is 0 Å². The average Bonchev–Trinajstić information content (AvgIpc) is 3.12. The molecule has 1 unspecified atom stereocenters. The van der Waals surface area contributed by atoms with Crippen LogP contribution in [0.2, 0.25) is 5.02 Å². The van der Waals surface area contributed by atoms with Crippen molar-refractivity contribution >= 4 is 29.3 Å². The van der Waals surface area contributed by atoms with E-state index in [0.717, 1.165) is 4.90 Å².